The first-order valence-corrected chi connectivity index (χ1v) is 12.1. The van der Waals surface area contributed by atoms with E-state index < -0.39 is 17.7 Å². The van der Waals surface area contributed by atoms with Crippen molar-refractivity contribution in [1.82, 2.24) is 9.80 Å². The van der Waals surface area contributed by atoms with Gasteiger partial charge in [0, 0.05) is 31.2 Å². The SMILES string of the molecule is Cc1ccc(/C(O)=C2/C(=O)C(=O)N(C3CCN(Cc4ccccc4)CC3)C2c2ccco2)cc1C. The van der Waals surface area contributed by atoms with Crippen molar-refractivity contribution in [3.63, 3.8) is 0 Å². The minimum absolute atomic E-state index is 0.0971. The number of aliphatic hydroxyl groups excluding tert-OH is 1. The second kappa shape index (κ2) is 9.55. The molecule has 0 saturated carbocycles. The van der Waals surface area contributed by atoms with Crippen molar-refractivity contribution >= 4 is 17.4 Å². The number of piperidine rings is 1. The molecule has 0 bridgehead atoms. The van der Waals surface area contributed by atoms with Gasteiger partial charge in [-0.2, -0.15) is 0 Å². The van der Waals surface area contributed by atoms with Crippen molar-refractivity contribution in [2.75, 3.05) is 13.1 Å². The molecule has 0 spiro atoms. The molecule has 35 heavy (non-hydrogen) atoms. The molecule has 2 aromatic carbocycles. The number of aryl methyl sites for hydroxylation is 2. The lowest BCUT2D eigenvalue weighted by Gasteiger charge is -2.38. The van der Waals surface area contributed by atoms with Gasteiger partial charge in [-0.05, 0) is 61.6 Å². The van der Waals surface area contributed by atoms with Crippen molar-refractivity contribution in [2.24, 2.45) is 0 Å². The van der Waals surface area contributed by atoms with Gasteiger partial charge in [-0.3, -0.25) is 14.5 Å². The molecule has 1 atom stereocenters. The number of aliphatic hydroxyl groups is 1. The van der Waals surface area contributed by atoms with Crippen molar-refractivity contribution in [3.05, 3.63) is 101 Å². The van der Waals surface area contributed by atoms with Crippen LogP contribution in [0.3, 0.4) is 0 Å². The summed E-state index contributed by atoms with van der Waals surface area (Å²) in [6.07, 6.45) is 3.04. The second-order valence-corrected chi connectivity index (χ2v) is 9.51. The first-order chi connectivity index (χ1) is 16.9. The van der Waals surface area contributed by atoms with Crippen LogP contribution in [0.2, 0.25) is 0 Å². The highest BCUT2D eigenvalue weighted by atomic mass is 16.3. The maximum atomic E-state index is 13.3. The Morgan fingerprint density at radius 2 is 1.71 bits per heavy atom. The summed E-state index contributed by atoms with van der Waals surface area (Å²) in [5.74, 6) is -0.898. The van der Waals surface area contributed by atoms with E-state index in [-0.39, 0.29) is 17.4 Å². The number of amides is 1. The van der Waals surface area contributed by atoms with Crippen molar-refractivity contribution in [2.45, 2.75) is 45.3 Å². The number of carbonyl (C=O) groups excluding carboxylic acids is 2. The topological polar surface area (TPSA) is 74.0 Å². The van der Waals surface area contributed by atoms with Crippen molar-refractivity contribution in [3.8, 4) is 0 Å². The Balaban J connectivity index is 1.44. The van der Waals surface area contributed by atoms with Gasteiger partial charge in [0.25, 0.3) is 11.7 Å². The fourth-order valence-corrected chi connectivity index (χ4v) is 5.19. The van der Waals surface area contributed by atoms with Crippen molar-refractivity contribution < 1.29 is 19.1 Å². The Hall–Kier alpha value is -3.64. The number of furan rings is 1. The van der Waals surface area contributed by atoms with Crippen LogP contribution in [-0.2, 0) is 16.1 Å². The van der Waals surface area contributed by atoms with Gasteiger partial charge in [0.05, 0.1) is 11.8 Å². The first kappa shape index (κ1) is 23.1. The number of carbonyl (C=O) groups is 2. The van der Waals surface area contributed by atoms with Crippen LogP contribution in [0.4, 0.5) is 0 Å². The standard InChI is InChI=1S/C29H30N2O4/c1-19-10-11-22(17-20(19)2)27(32)25-26(24-9-6-16-35-24)31(29(34)28(25)33)23-12-14-30(15-13-23)18-21-7-4-3-5-8-21/h3-11,16-17,23,26,32H,12-15,18H2,1-2H3/b27-25-. The molecule has 180 valence electrons. The molecule has 0 aliphatic carbocycles. The molecule has 1 amide bonds. The minimum atomic E-state index is -0.739. The highest BCUT2D eigenvalue weighted by Gasteiger charge is 2.50. The summed E-state index contributed by atoms with van der Waals surface area (Å²) in [5, 5.41) is 11.2. The fourth-order valence-electron chi connectivity index (χ4n) is 5.19. The Labute approximate surface area is 205 Å². The van der Waals surface area contributed by atoms with Crippen LogP contribution in [0.5, 0.6) is 0 Å². The van der Waals surface area contributed by atoms with Crippen LogP contribution in [0.25, 0.3) is 5.76 Å². The van der Waals surface area contributed by atoms with Crippen LogP contribution in [0.15, 0.2) is 76.9 Å². The van der Waals surface area contributed by atoms with Gasteiger partial charge in [0.15, 0.2) is 0 Å². The third kappa shape index (κ3) is 4.42. The molecule has 5 rings (SSSR count). The van der Waals surface area contributed by atoms with Gasteiger partial charge in [-0.25, -0.2) is 0 Å². The van der Waals surface area contributed by atoms with Gasteiger partial charge in [0.2, 0.25) is 0 Å². The lowest BCUT2D eigenvalue weighted by Crippen LogP contribution is -2.46. The monoisotopic (exact) mass is 470 g/mol. The van der Waals surface area contributed by atoms with E-state index in [4.69, 9.17) is 4.42 Å². The zero-order valence-electron chi connectivity index (χ0n) is 20.1. The molecule has 2 saturated heterocycles. The quantitative estimate of drug-likeness (QED) is 0.323. The molecule has 1 N–H and O–H groups in total. The van der Waals surface area contributed by atoms with E-state index in [9.17, 15) is 14.7 Å². The van der Waals surface area contributed by atoms with E-state index in [1.807, 2.05) is 44.2 Å². The second-order valence-electron chi connectivity index (χ2n) is 9.51. The normalized spacial score (nSPS) is 21.1. The third-order valence-corrected chi connectivity index (χ3v) is 7.27. The summed E-state index contributed by atoms with van der Waals surface area (Å²) < 4.78 is 5.69. The summed E-state index contributed by atoms with van der Waals surface area (Å²) in [6, 6.07) is 18.5. The number of Topliss-reactive ketones (excluding diaryl/α,β-unsaturated/α-hetero) is 1. The zero-order valence-corrected chi connectivity index (χ0v) is 20.1. The third-order valence-electron chi connectivity index (χ3n) is 7.27. The first-order valence-electron chi connectivity index (χ1n) is 12.1. The number of rotatable bonds is 5. The molecule has 0 radical (unpaired) electrons. The van der Waals surface area contributed by atoms with E-state index in [0.717, 1.165) is 43.6 Å². The summed E-state index contributed by atoms with van der Waals surface area (Å²) in [5.41, 5.74) is 3.98. The van der Waals surface area contributed by atoms with Crippen LogP contribution >= 0.6 is 0 Å². The van der Waals surface area contributed by atoms with E-state index in [0.29, 0.717) is 11.3 Å². The summed E-state index contributed by atoms with van der Waals surface area (Å²) in [4.78, 5) is 30.6. The number of nitrogens with zero attached hydrogens (tertiary/aromatic N) is 2. The lowest BCUT2D eigenvalue weighted by atomic mass is 9.96. The van der Waals surface area contributed by atoms with Gasteiger partial charge >= 0.3 is 0 Å². The molecule has 3 heterocycles. The Morgan fingerprint density at radius 3 is 2.37 bits per heavy atom. The Kier molecular flexibility index (Phi) is 6.31. The number of ketones is 1. The minimum Gasteiger partial charge on any atom is -0.507 e. The predicted molar refractivity (Wildman–Crippen MR) is 134 cm³/mol. The van der Waals surface area contributed by atoms with Crippen LogP contribution in [-0.4, -0.2) is 45.7 Å². The summed E-state index contributed by atoms with van der Waals surface area (Å²) in [7, 11) is 0. The van der Waals surface area contributed by atoms with Crippen LogP contribution in [0, 0.1) is 13.8 Å². The predicted octanol–water partition coefficient (Wildman–Crippen LogP) is 4.98. The molecular formula is C29H30N2O4. The smallest absolute Gasteiger partial charge is 0.296 e. The molecule has 1 unspecified atom stereocenters. The summed E-state index contributed by atoms with van der Waals surface area (Å²) >= 11 is 0. The highest BCUT2D eigenvalue weighted by molar-refractivity contribution is 6.46. The lowest BCUT2D eigenvalue weighted by molar-refractivity contribution is -0.142. The van der Waals surface area contributed by atoms with Gasteiger partial charge in [-0.1, -0.05) is 42.5 Å². The van der Waals surface area contributed by atoms with E-state index in [1.165, 1.54) is 11.8 Å². The van der Waals surface area contributed by atoms with Gasteiger partial charge < -0.3 is 14.4 Å². The molecular weight excluding hydrogens is 440 g/mol. The van der Waals surface area contributed by atoms with Crippen molar-refractivity contribution in [1.29, 1.82) is 0 Å². The maximum Gasteiger partial charge on any atom is 0.296 e. The Bertz CT molecular complexity index is 1260. The number of likely N-dealkylation sites (tertiary alicyclic amines) is 2. The van der Waals surface area contributed by atoms with Gasteiger partial charge in [0.1, 0.15) is 17.6 Å². The molecule has 3 aromatic rings. The number of benzene rings is 2. The molecule has 2 fully saturated rings. The Morgan fingerprint density at radius 1 is 0.971 bits per heavy atom. The number of hydrogen-bond acceptors (Lipinski definition) is 5. The largest absolute Gasteiger partial charge is 0.507 e. The molecule has 1 aromatic heterocycles. The highest BCUT2D eigenvalue weighted by Crippen LogP contribution is 2.42. The van der Waals surface area contributed by atoms with E-state index in [1.54, 1.807) is 23.1 Å². The average molecular weight is 471 g/mol. The van der Waals surface area contributed by atoms with Gasteiger partial charge in [-0.15, -0.1) is 0 Å². The van der Waals surface area contributed by atoms with E-state index >= 15 is 0 Å². The average Bonchev–Trinajstić information content (AvgIpc) is 3.49. The summed E-state index contributed by atoms with van der Waals surface area (Å²) in [6.45, 7) is 6.46. The maximum absolute atomic E-state index is 13.3. The fraction of sp³-hybridized carbons (Fsp3) is 0.310. The number of hydrogen-bond donors (Lipinski definition) is 1. The molecule has 2 aliphatic heterocycles. The van der Waals surface area contributed by atoms with Crippen LogP contribution < -0.4 is 0 Å². The van der Waals surface area contributed by atoms with Crippen LogP contribution in [0.1, 0.15) is 46.9 Å². The zero-order chi connectivity index (χ0) is 24.5. The van der Waals surface area contributed by atoms with E-state index in [2.05, 4.69) is 17.0 Å². The molecule has 2 aliphatic rings. The molecule has 6 nitrogen and oxygen atoms in total. The molecule has 6 heteroatoms.